The monoisotopic (exact) mass is 291 g/mol. The maximum absolute atomic E-state index is 2.77. The summed E-state index contributed by atoms with van der Waals surface area (Å²) in [6.07, 6.45) is 0. The molecular formula is C10H21O3Ru. The number of allylic oxidation sites excluding steroid dienone is 4. The summed E-state index contributed by atoms with van der Waals surface area (Å²) in [5.41, 5.74) is 4.74. The number of hydrogen-bond donors (Lipinski definition) is 0. The van der Waals surface area contributed by atoms with E-state index in [9.17, 15) is 0 Å². The molecule has 1 aliphatic rings. The SMILES string of the molecule is CC1=C(C)C(C)(C)[C]([Ru])=C1C.O.O.O. The van der Waals surface area contributed by atoms with E-state index < -0.39 is 0 Å². The molecule has 0 aromatic heterocycles. The van der Waals surface area contributed by atoms with Crippen LogP contribution in [0.4, 0.5) is 0 Å². The van der Waals surface area contributed by atoms with Crippen LogP contribution in [-0.2, 0) is 18.3 Å². The van der Waals surface area contributed by atoms with Crippen molar-refractivity contribution in [3.8, 4) is 0 Å². The second kappa shape index (κ2) is 5.77. The fourth-order valence-electron chi connectivity index (χ4n) is 1.54. The molecular weight excluding hydrogens is 269 g/mol. The largest absolute Gasteiger partial charge is 0.412 e. The first-order chi connectivity index (χ1) is 4.89. The van der Waals surface area contributed by atoms with Crippen molar-refractivity contribution in [2.24, 2.45) is 5.41 Å². The summed E-state index contributed by atoms with van der Waals surface area (Å²) < 4.78 is 1.46. The van der Waals surface area contributed by atoms with Gasteiger partial charge in [-0.25, -0.2) is 0 Å². The summed E-state index contributed by atoms with van der Waals surface area (Å²) >= 11 is 2.77. The quantitative estimate of drug-likeness (QED) is 0.587. The van der Waals surface area contributed by atoms with Gasteiger partial charge in [0.1, 0.15) is 0 Å². The van der Waals surface area contributed by atoms with Gasteiger partial charge < -0.3 is 16.4 Å². The maximum atomic E-state index is 2.77. The smallest absolute Gasteiger partial charge is 0.412 e. The first-order valence-electron chi connectivity index (χ1n) is 3.93. The zero-order chi connectivity index (χ0) is 8.81. The third kappa shape index (κ3) is 2.51. The van der Waals surface area contributed by atoms with Crippen molar-refractivity contribution in [1.82, 2.24) is 0 Å². The summed E-state index contributed by atoms with van der Waals surface area (Å²) in [7, 11) is 0. The molecule has 0 saturated carbocycles. The van der Waals surface area contributed by atoms with Crippen LogP contribution < -0.4 is 0 Å². The second-order valence-electron chi connectivity index (χ2n) is 3.80. The third-order valence-corrected chi connectivity index (χ3v) is 4.65. The minimum Gasteiger partial charge on any atom is -0.412 e. The van der Waals surface area contributed by atoms with Gasteiger partial charge in [-0.3, -0.25) is 0 Å². The molecule has 0 radical (unpaired) electrons. The number of hydrogen-bond acceptors (Lipinski definition) is 0. The van der Waals surface area contributed by atoms with Gasteiger partial charge in [0.2, 0.25) is 0 Å². The molecule has 4 heteroatoms. The molecule has 0 amide bonds. The molecule has 0 aromatic carbocycles. The molecule has 87 valence electrons. The Hall–Kier alpha value is -0.0166. The minimum atomic E-state index is 0. The molecule has 14 heavy (non-hydrogen) atoms. The fraction of sp³-hybridized carbons (Fsp3) is 0.600. The first-order valence-corrected chi connectivity index (χ1v) is 4.80. The molecule has 0 fully saturated rings. The van der Waals surface area contributed by atoms with E-state index in [1.807, 2.05) is 0 Å². The molecule has 1 rings (SSSR count). The molecule has 1 aliphatic carbocycles. The van der Waals surface area contributed by atoms with E-state index in [0.29, 0.717) is 0 Å². The standard InChI is InChI=1S/C10H15.3H2O.Ru/c1-7-6-10(4,5)9(3)8(7)2;;;;/h1-5H3;3*1H2;. The van der Waals surface area contributed by atoms with E-state index >= 15 is 0 Å². The Labute approximate surface area is 95.9 Å². The topological polar surface area (TPSA) is 94.5 Å². The summed E-state index contributed by atoms with van der Waals surface area (Å²) in [4.78, 5) is 0. The van der Waals surface area contributed by atoms with Crippen molar-refractivity contribution in [2.45, 2.75) is 34.6 Å². The molecule has 6 N–H and O–H groups in total. The van der Waals surface area contributed by atoms with E-state index in [0.717, 1.165) is 0 Å². The van der Waals surface area contributed by atoms with Gasteiger partial charge >= 0.3 is 79.2 Å². The van der Waals surface area contributed by atoms with Gasteiger partial charge in [0.15, 0.2) is 0 Å². The Kier molecular flexibility index (Phi) is 8.05. The average molecular weight is 290 g/mol. The van der Waals surface area contributed by atoms with Crippen LogP contribution in [0.2, 0.25) is 0 Å². The summed E-state index contributed by atoms with van der Waals surface area (Å²) in [5.74, 6) is 0. The van der Waals surface area contributed by atoms with Crippen molar-refractivity contribution < 1.29 is 34.7 Å². The molecule has 0 aliphatic heterocycles. The average Bonchev–Trinajstić information content (AvgIpc) is 2.06. The first kappa shape index (κ1) is 19.5. The van der Waals surface area contributed by atoms with Crippen LogP contribution in [0.15, 0.2) is 20.9 Å². The molecule has 0 atom stereocenters. The van der Waals surface area contributed by atoms with Gasteiger partial charge in [-0.2, -0.15) is 0 Å². The van der Waals surface area contributed by atoms with Crippen LogP contribution in [0, 0.1) is 5.41 Å². The summed E-state index contributed by atoms with van der Waals surface area (Å²) in [6.45, 7) is 11.2. The summed E-state index contributed by atoms with van der Waals surface area (Å²) in [6, 6.07) is 0. The second-order valence-corrected chi connectivity index (χ2v) is 4.67. The van der Waals surface area contributed by atoms with Gasteiger partial charge in [-0.1, -0.05) is 0 Å². The van der Waals surface area contributed by atoms with E-state index in [-0.39, 0.29) is 21.8 Å². The predicted octanol–water partition coefficient (Wildman–Crippen LogP) is 0.709. The molecule has 0 aromatic rings. The van der Waals surface area contributed by atoms with E-state index in [1.165, 1.54) is 20.9 Å². The maximum Gasteiger partial charge on any atom is -0.412 e. The normalized spacial score (nSPS) is 18.4. The molecule has 0 bridgehead atoms. The molecule has 3 nitrogen and oxygen atoms in total. The van der Waals surface area contributed by atoms with Crippen LogP contribution in [0.25, 0.3) is 0 Å². The van der Waals surface area contributed by atoms with Crippen LogP contribution in [-0.4, -0.2) is 16.4 Å². The molecule has 0 saturated heterocycles. The van der Waals surface area contributed by atoms with Crippen molar-refractivity contribution in [3.05, 3.63) is 20.9 Å². The Morgan fingerprint density at radius 1 is 0.857 bits per heavy atom. The Balaban J connectivity index is -0.000000403. The minimum absolute atomic E-state index is 0. The van der Waals surface area contributed by atoms with Crippen molar-refractivity contribution in [3.63, 3.8) is 0 Å². The van der Waals surface area contributed by atoms with E-state index in [4.69, 9.17) is 0 Å². The van der Waals surface area contributed by atoms with Crippen LogP contribution in [0.3, 0.4) is 0 Å². The molecule has 0 heterocycles. The molecule has 0 spiro atoms. The Bertz CT molecular complexity index is 239. The molecule has 0 unspecified atom stereocenters. The van der Waals surface area contributed by atoms with Crippen LogP contribution >= 0.6 is 0 Å². The Morgan fingerprint density at radius 2 is 1.21 bits per heavy atom. The van der Waals surface area contributed by atoms with Crippen LogP contribution in [0.5, 0.6) is 0 Å². The zero-order valence-corrected chi connectivity index (χ0v) is 11.1. The van der Waals surface area contributed by atoms with Crippen molar-refractivity contribution >= 4 is 0 Å². The van der Waals surface area contributed by atoms with Crippen molar-refractivity contribution in [1.29, 1.82) is 0 Å². The van der Waals surface area contributed by atoms with Gasteiger partial charge in [0.05, 0.1) is 0 Å². The van der Waals surface area contributed by atoms with Gasteiger partial charge in [0.25, 0.3) is 0 Å². The Morgan fingerprint density at radius 3 is 1.29 bits per heavy atom. The van der Waals surface area contributed by atoms with Gasteiger partial charge in [0, 0.05) is 0 Å². The number of rotatable bonds is 0. The third-order valence-electron chi connectivity index (χ3n) is 2.92. The van der Waals surface area contributed by atoms with Crippen molar-refractivity contribution in [2.75, 3.05) is 0 Å². The van der Waals surface area contributed by atoms with E-state index in [1.54, 1.807) is 0 Å². The fourth-order valence-corrected chi connectivity index (χ4v) is 2.19. The van der Waals surface area contributed by atoms with E-state index in [2.05, 4.69) is 52.9 Å². The summed E-state index contributed by atoms with van der Waals surface area (Å²) in [5, 5.41) is 0. The zero-order valence-electron chi connectivity index (χ0n) is 9.35. The van der Waals surface area contributed by atoms with Crippen LogP contribution in [0.1, 0.15) is 34.6 Å². The van der Waals surface area contributed by atoms with Gasteiger partial charge in [-0.05, 0) is 0 Å². The van der Waals surface area contributed by atoms with Gasteiger partial charge in [-0.15, -0.1) is 0 Å². The predicted molar refractivity (Wildman–Crippen MR) is 55.7 cm³/mol.